The van der Waals surface area contributed by atoms with Crippen molar-refractivity contribution in [1.29, 1.82) is 0 Å². The Hall–Kier alpha value is -2.14. The first-order valence-electron chi connectivity index (χ1n) is 7.82. The number of hydrogen-bond acceptors (Lipinski definition) is 4. The maximum Gasteiger partial charge on any atom is 0.274 e. The Labute approximate surface area is 140 Å². The number of hydrogen-bond donors (Lipinski definition) is 1. The van der Waals surface area contributed by atoms with E-state index in [4.69, 9.17) is 11.6 Å². The van der Waals surface area contributed by atoms with E-state index in [1.54, 1.807) is 12.4 Å². The van der Waals surface area contributed by atoms with Crippen molar-refractivity contribution in [3.8, 4) is 0 Å². The summed E-state index contributed by atoms with van der Waals surface area (Å²) in [5, 5.41) is 3.95. The maximum atomic E-state index is 12.2. The number of carbonyl (C=O) groups excluding carboxylic acids is 1. The number of anilines is 1. The van der Waals surface area contributed by atoms with Crippen molar-refractivity contribution in [2.24, 2.45) is 0 Å². The van der Waals surface area contributed by atoms with Crippen LogP contribution in [0.25, 0.3) is 0 Å². The number of benzene rings is 1. The van der Waals surface area contributed by atoms with Gasteiger partial charge < -0.3 is 10.2 Å². The van der Waals surface area contributed by atoms with Crippen LogP contribution in [0.1, 0.15) is 28.9 Å². The number of carbonyl (C=O) groups is 1. The smallest absolute Gasteiger partial charge is 0.274 e. The molecular weight excluding hydrogens is 312 g/mol. The number of nitrogens with one attached hydrogen (secondary N) is 1. The van der Waals surface area contributed by atoms with E-state index in [0.29, 0.717) is 11.5 Å². The Kier molecular flexibility index (Phi) is 5.08. The van der Waals surface area contributed by atoms with E-state index in [1.807, 2.05) is 29.2 Å². The number of halogens is 1. The van der Waals surface area contributed by atoms with Crippen molar-refractivity contribution in [1.82, 2.24) is 14.9 Å². The number of likely N-dealkylation sites (tertiary alicyclic amines) is 1. The standard InChI is InChI=1S/C17H19ClN4O/c18-14-5-3-13(4-6-14)7-8-19-16-12-20-15(11-21-16)17(23)22-9-1-2-10-22/h3-6,11-12H,1-2,7-10H2,(H,19,21). The quantitative estimate of drug-likeness (QED) is 0.915. The highest BCUT2D eigenvalue weighted by molar-refractivity contribution is 6.30. The van der Waals surface area contributed by atoms with Crippen molar-refractivity contribution in [2.75, 3.05) is 25.0 Å². The van der Waals surface area contributed by atoms with Gasteiger partial charge in [-0.05, 0) is 37.0 Å². The summed E-state index contributed by atoms with van der Waals surface area (Å²) in [6, 6.07) is 7.78. The van der Waals surface area contributed by atoms with Gasteiger partial charge in [0.15, 0.2) is 0 Å². The van der Waals surface area contributed by atoms with Crippen molar-refractivity contribution in [3.63, 3.8) is 0 Å². The first-order chi connectivity index (χ1) is 11.2. The van der Waals surface area contributed by atoms with Crippen LogP contribution in [0.3, 0.4) is 0 Å². The van der Waals surface area contributed by atoms with E-state index in [9.17, 15) is 4.79 Å². The first kappa shape index (κ1) is 15.7. The molecule has 3 rings (SSSR count). The third-order valence-corrected chi connectivity index (χ3v) is 4.15. The second-order valence-corrected chi connectivity index (χ2v) is 6.03. The second-order valence-electron chi connectivity index (χ2n) is 5.59. The fraction of sp³-hybridized carbons (Fsp3) is 0.353. The fourth-order valence-electron chi connectivity index (χ4n) is 2.60. The summed E-state index contributed by atoms with van der Waals surface area (Å²) in [7, 11) is 0. The summed E-state index contributed by atoms with van der Waals surface area (Å²) in [5.74, 6) is 0.652. The summed E-state index contributed by atoms with van der Waals surface area (Å²) >= 11 is 5.86. The molecule has 0 radical (unpaired) electrons. The molecule has 1 aliphatic heterocycles. The van der Waals surface area contributed by atoms with E-state index < -0.39 is 0 Å². The summed E-state index contributed by atoms with van der Waals surface area (Å²) in [6.45, 7) is 2.39. The highest BCUT2D eigenvalue weighted by Crippen LogP contribution is 2.12. The fourth-order valence-corrected chi connectivity index (χ4v) is 2.72. The number of amides is 1. The Morgan fingerprint density at radius 1 is 1.13 bits per heavy atom. The molecule has 1 aliphatic rings. The van der Waals surface area contributed by atoms with Gasteiger partial charge >= 0.3 is 0 Å². The maximum absolute atomic E-state index is 12.2. The summed E-state index contributed by atoms with van der Waals surface area (Å²) < 4.78 is 0. The van der Waals surface area contributed by atoms with Crippen LogP contribution in [-0.2, 0) is 6.42 Å². The van der Waals surface area contributed by atoms with Gasteiger partial charge in [0, 0.05) is 24.7 Å². The SMILES string of the molecule is O=C(c1cnc(NCCc2ccc(Cl)cc2)cn1)N1CCCC1. The van der Waals surface area contributed by atoms with Crippen LogP contribution in [0, 0.1) is 0 Å². The molecular formula is C17H19ClN4O. The average Bonchev–Trinajstić information content (AvgIpc) is 3.11. The minimum Gasteiger partial charge on any atom is -0.368 e. The Morgan fingerprint density at radius 2 is 1.87 bits per heavy atom. The third-order valence-electron chi connectivity index (χ3n) is 3.90. The molecule has 0 spiro atoms. The van der Waals surface area contributed by atoms with Gasteiger partial charge in [-0.2, -0.15) is 0 Å². The molecule has 23 heavy (non-hydrogen) atoms. The minimum absolute atomic E-state index is 0.0253. The molecule has 1 aromatic carbocycles. The molecule has 0 saturated carbocycles. The van der Waals surface area contributed by atoms with Crippen LogP contribution >= 0.6 is 11.6 Å². The molecule has 0 atom stereocenters. The molecule has 1 fully saturated rings. The first-order valence-corrected chi connectivity index (χ1v) is 8.20. The van der Waals surface area contributed by atoms with Gasteiger partial charge in [0.05, 0.1) is 12.4 Å². The van der Waals surface area contributed by atoms with Crippen molar-refractivity contribution in [3.05, 3.63) is 52.9 Å². The predicted molar refractivity (Wildman–Crippen MR) is 90.8 cm³/mol. The number of nitrogens with zero attached hydrogens (tertiary/aromatic N) is 3. The molecule has 0 bridgehead atoms. The zero-order chi connectivity index (χ0) is 16.1. The average molecular weight is 331 g/mol. The molecule has 0 unspecified atom stereocenters. The molecule has 5 nitrogen and oxygen atoms in total. The van der Waals surface area contributed by atoms with E-state index >= 15 is 0 Å². The summed E-state index contributed by atoms with van der Waals surface area (Å²) in [5.41, 5.74) is 1.62. The topological polar surface area (TPSA) is 58.1 Å². The molecule has 1 saturated heterocycles. The lowest BCUT2D eigenvalue weighted by Gasteiger charge is -2.14. The molecule has 120 valence electrons. The van der Waals surface area contributed by atoms with E-state index in [2.05, 4.69) is 15.3 Å². The van der Waals surface area contributed by atoms with Crippen LogP contribution in [0.5, 0.6) is 0 Å². The predicted octanol–water partition coefficient (Wildman–Crippen LogP) is 3.02. The van der Waals surface area contributed by atoms with E-state index in [-0.39, 0.29) is 5.91 Å². The minimum atomic E-state index is -0.0253. The van der Waals surface area contributed by atoms with Gasteiger partial charge in [0.1, 0.15) is 11.5 Å². The molecule has 1 N–H and O–H groups in total. The second kappa shape index (κ2) is 7.42. The molecule has 1 amide bonds. The molecule has 2 heterocycles. The Balaban J connectivity index is 1.51. The highest BCUT2D eigenvalue weighted by atomic mass is 35.5. The lowest BCUT2D eigenvalue weighted by Crippen LogP contribution is -2.28. The van der Waals surface area contributed by atoms with Gasteiger partial charge in [0.25, 0.3) is 5.91 Å². The van der Waals surface area contributed by atoms with Crippen molar-refractivity contribution in [2.45, 2.75) is 19.3 Å². The summed E-state index contributed by atoms with van der Waals surface area (Å²) in [6.07, 6.45) is 6.18. The van der Waals surface area contributed by atoms with Crippen LogP contribution in [0.2, 0.25) is 5.02 Å². The largest absolute Gasteiger partial charge is 0.368 e. The lowest BCUT2D eigenvalue weighted by molar-refractivity contribution is 0.0786. The van der Waals surface area contributed by atoms with Gasteiger partial charge in [-0.15, -0.1) is 0 Å². The van der Waals surface area contributed by atoms with Gasteiger partial charge in [-0.25, -0.2) is 9.97 Å². The van der Waals surface area contributed by atoms with Crippen LogP contribution < -0.4 is 5.32 Å². The third kappa shape index (κ3) is 4.20. The molecule has 1 aromatic heterocycles. The molecule has 0 aliphatic carbocycles. The van der Waals surface area contributed by atoms with Crippen LogP contribution in [0.4, 0.5) is 5.82 Å². The summed E-state index contributed by atoms with van der Waals surface area (Å²) in [4.78, 5) is 22.5. The molecule has 6 heteroatoms. The van der Waals surface area contributed by atoms with E-state index in [0.717, 1.165) is 43.9 Å². The van der Waals surface area contributed by atoms with Crippen LogP contribution in [-0.4, -0.2) is 40.4 Å². The number of rotatable bonds is 5. The normalized spacial score (nSPS) is 14.0. The van der Waals surface area contributed by atoms with Gasteiger partial charge in [-0.3, -0.25) is 4.79 Å². The zero-order valence-electron chi connectivity index (χ0n) is 12.8. The van der Waals surface area contributed by atoms with Gasteiger partial charge in [-0.1, -0.05) is 23.7 Å². The molecule has 2 aromatic rings. The number of aromatic nitrogens is 2. The van der Waals surface area contributed by atoms with E-state index in [1.165, 1.54) is 5.56 Å². The monoisotopic (exact) mass is 330 g/mol. The lowest BCUT2D eigenvalue weighted by atomic mass is 10.1. The van der Waals surface area contributed by atoms with Crippen molar-refractivity contribution >= 4 is 23.3 Å². The Bertz CT molecular complexity index is 651. The van der Waals surface area contributed by atoms with Crippen LogP contribution in [0.15, 0.2) is 36.7 Å². The zero-order valence-corrected chi connectivity index (χ0v) is 13.6. The van der Waals surface area contributed by atoms with Crippen molar-refractivity contribution < 1.29 is 4.79 Å². The van der Waals surface area contributed by atoms with Gasteiger partial charge in [0.2, 0.25) is 0 Å². The Morgan fingerprint density at radius 3 is 2.52 bits per heavy atom. The highest BCUT2D eigenvalue weighted by Gasteiger charge is 2.20.